The van der Waals surface area contributed by atoms with Crippen LogP contribution in [0.15, 0.2) is 6.07 Å². The molecule has 1 aliphatic rings. The van der Waals surface area contributed by atoms with Gasteiger partial charge in [-0.3, -0.25) is 9.89 Å². The molecule has 2 heterocycles. The Morgan fingerprint density at radius 2 is 2.14 bits per heavy atom. The summed E-state index contributed by atoms with van der Waals surface area (Å²) in [7, 11) is 0. The van der Waals surface area contributed by atoms with Crippen molar-refractivity contribution >= 4 is 5.91 Å². The highest BCUT2D eigenvalue weighted by Crippen LogP contribution is 2.34. The number of nitrogens with zero attached hydrogens (tertiary/aromatic N) is 2. The lowest BCUT2D eigenvalue weighted by atomic mass is 9.77. The normalized spacial score (nSPS) is 18.2. The molecule has 5 nitrogen and oxygen atoms in total. The molecule has 0 atom stereocenters. The van der Waals surface area contributed by atoms with E-state index >= 15 is 0 Å². The molecule has 1 aliphatic heterocycles. The minimum Gasteiger partial charge on any atom is -0.396 e. The lowest BCUT2D eigenvalue weighted by Crippen LogP contribution is -2.44. The number of aromatic amines is 1. The molecule has 0 unspecified atom stereocenters. The fourth-order valence-corrected chi connectivity index (χ4v) is 2.99. The molecule has 1 saturated heterocycles. The number of hydrogen-bond acceptors (Lipinski definition) is 3. The molecule has 2 rings (SSSR count). The Balaban J connectivity index is 1.97. The second kappa shape index (κ2) is 6.60. The summed E-state index contributed by atoms with van der Waals surface area (Å²) in [6.07, 6.45) is 3.61. The van der Waals surface area contributed by atoms with Crippen molar-refractivity contribution in [2.75, 3.05) is 19.7 Å². The average Bonchev–Trinajstić information content (AvgIpc) is 2.94. The van der Waals surface area contributed by atoms with E-state index in [0.717, 1.165) is 31.4 Å². The van der Waals surface area contributed by atoms with Gasteiger partial charge < -0.3 is 10.0 Å². The summed E-state index contributed by atoms with van der Waals surface area (Å²) in [6, 6.07) is 1.87. The first-order valence-electron chi connectivity index (χ1n) is 7.94. The third-order valence-corrected chi connectivity index (χ3v) is 4.67. The van der Waals surface area contributed by atoms with Gasteiger partial charge in [-0.2, -0.15) is 5.10 Å². The van der Waals surface area contributed by atoms with E-state index in [1.165, 1.54) is 0 Å². The van der Waals surface area contributed by atoms with Gasteiger partial charge in [0.15, 0.2) is 0 Å². The van der Waals surface area contributed by atoms with Gasteiger partial charge in [0.1, 0.15) is 5.69 Å². The number of aromatic nitrogens is 2. The number of aliphatic hydroxyl groups is 1. The highest BCUT2D eigenvalue weighted by Gasteiger charge is 2.34. The van der Waals surface area contributed by atoms with Crippen molar-refractivity contribution in [3.63, 3.8) is 0 Å². The number of carbonyl (C=O) groups is 1. The van der Waals surface area contributed by atoms with Crippen molar-refractivity contribution in [2.45, 2.75) is 46.5 Å². The van der Waals surface area contributed by atoms with Crippen LogP contribution in [0.1, 0.15) is 56.2 Å². The fourth-order valence-electron chi connectivity index (χ4n) is 2.99. The number of carbonyl (C=O) groups excluding carboxylic acids is 1. The number of amides is 1. The number of hydrogen-bond donors (Lipinski definition) is 2. The zero-order valence-electron chi connectivity index (χ0n) is 13.4. The summed E-state index contributed by atoms with van der Waals surface area (Å²) in [4.78, 5) is 14.3. The van der Waals surface area contributed by atoms with E-state index < -0.39 is 0 Å². The topological polar surface area (TPSA) is 69.2 Å². The van der Waals surface area contributed by atoms with Gasteiger partial charge in [0.25, 0.3) is 5.91 Å². The van der Waals surface area contributed by atoms with E-state index in [9.17, 15) is 9.90 Å². The molecular weight excluding hydrogens is 266 g/mol. The molecule has 0 spiro atoms. The monoisotopic (exact) mass is 293 g/mol. The van der Waals surface area contributed by atoms with Crippen LogP contribution in [0.5, 0.6) is 0 Å². The zero-order valence-corrected chi connectivity index (χ0v) is 13.4. The third-order valence-electron chi connectivity index (χ3n) is 4.67. The van der Waals surface area contributed by atoms with Crippen LogP contribution in [-0.4, -0.2) is 45.8 Å². The number of H-pyrrole nitrogens is 1. The van der Waals surface area contributed by atoms with Gasteiger partial charge in [-0.05, 0) is 43.1 Å². The quantitative estimate of drug-likeness (QED) is 0.874. The fraction of sp³-hybridized carbons (Fsp3) is 0.750. The Hall–Kier alpha value is -1.36. The Morgan fingerprint density at radius 1 is 1.48 bits per heavy atom. The molecule has 118 valence electrons. The molecule has 0 aromatic carbocycles. The highest BCUT2D eigenvalue weighted by molar-refractivity contribution is 5.92. The van der Waals surface area contributed by atoms with Crippen molar-refractivity contribution < 1.29 is 9.90 Å². The van der Waals surface area contributed by atoms with E-state index in [0.29, 0.717) is 24.7 Å². The van der Waals surface area contributed by atoms with Crippen LogP contribution in [0.4, 0.5) is 0 Å². The van der Waals surface area contributed by atoms with Crippen molar-refractivity contribution in [3.05, 3.63) is 17.5 Å². The number of rotatable bonds is 5. The first-order valence-corrected chi connectivity index (χ1v) is 7.94. The average molecular weight is 293 g/mol. The van der Waals surface area contributed by atoms with Crippen LogP contribution in [0.3, 0.4) is 0 Å². The summed E-state index contributed by atoms with van der Waals surface area (Å²) in [5, 5.41) is 16.7. The van der Waals surface area contributed by atoms with Crippen LogP contribution in [0, 0.1) is 11.3 Å². The SMILES string of the molecule is CCC1(CO)CCN(C(=O)c2cc(CC(C)C)[nH]n2)CC1. The molecule has 0 radical (unpaired) electrons. The summed E-state index contributed by atoms with van der Waals surface area (Å²) in [5.74, 6) is 0.544. The van der Waals surface area contributed by atoms with E-state index in [1.807, 2.05) is 11.0 Å². The van der Waals surface area contributed by atoms with E-state index in [-0.39, 0.29) is 17.9 Å². The van der Waals surface area contributed by atoms with Crippen LogP contribution in [-0.2, 0) is 6.42 Å². The predicted molar refractivity (Wildman–Crippen MR) is 82.1 cm³/mol. The van der Waals surface area contributed by atoms with Gasteiger partial charge in [0, 0.05) is 25.4 Å². The summed E-state index contributed by atoms with van der Waals surface area (Å²) >= 11 is 0. The maximum Gasteiger partial charge on any atom is 0.274 e. The second-order valence-electron chi connectivity index (χ2n) is 6.68. The lowest BCUT2D eigenvalue weighted by molar-refractivity contribution is 0.0334. The Labute approximate surface area is 126 Å². The minimum absolute atomic E-state index is 0.00361. The molecule has 1 amide bonds. The number of likely N-dealkylation sites (tertiary alicyclic amines) is 1. The molecular formula is C16H27N3O2. The largest absolute Gasteiger partial charge is 0.396 e. The molecule has 1 aromatic rings. The van der Waals surface area contributed by atoms with E-state index in [4.69, 9.17) is 0 Å². The number of piperidine rings is 1. The van der Waals surface area contributed by atoms with Crippen LogP contribution in [0.2, 0.25) is 0 Å². The maximum atomic E-state index is 12.5. The maximum absolute atomic E-state index is 12.5. The smallest absolute Gasteiger partial charge is 0.274 e. The Morgan fingerprint density at radius 3 is 2.67 bits per heavy atom. The van der Waals surface area contributed by atoms with Gasteiger partial charge in [0.05, 0.1) is 0 Å². The van der Waals surface area contributed by atoms with Crippen molar-refractivity contribution in [3.8, 4) is 0 Å². The van der Waals surface area contributed by atoms with Crippen LogP contribution < -0.4 is 0 Å². The molecule has 0 bridgehead atoms. The molecule has 1 fully saturated rings. The lowest BCUT2D eigenvalue weighted by Gasteiger charge is -2.40. The number of nitrogens with one attached hydrogen (secondary N) is 1. The van der Waals surface area contributed by atoms with Gasteiger partial charge in [-0.15, -0.1) is 0 Å². The zero-order chi connectivity index (χ0) is 15.5. The minimum atomic E-state index is 0.00361. The van der Waals surface area contributed by atoms with Crippen LogP contribution >= 0.6 is 0 Å². The number of aliphatic hydroxyl groups excluding tert-OH is 1. The summed E-state index contributed by atoms with van der Waals surface area (Å²) < 4.78 is 0. The van der Waals surface area contributed by atoms with Gasteiger partial charge in [-0.1, -0.05) is 20.8 Å². The molecule has 0 saturated carbocycles. The standard InChI is InChI=1S/C16H27N3O2/c1-4-16(11-20)5-7-19(8-6-16)15(21)14-10-13(17-18-14)9-12(2)3/h10,12,20H,4-9,11H2,1-3H3,(H,17,18). The molecule has 1 aromatic heterocycles. The molecule has 2 N–H and O–H groups in total. The third kappa shape index (κ3) is 3.64. The Bertz CT molecular complexity index is 468. The van der Waals surface area contributed by atoms with Crippen molar-refractivity contribution in [2.24, 2.45) is 11.3 Å². The summed E-state index contributed by atoms with van der Waals surface area (Å²) in [6.45, 7) is 8.03. The Kier molecular flexibility index (Phi) is 5.04. The second-order valence-corrected chi connectivity index (χ2v) is 6.68. The van der Waals surface area contributed by atoms with Crippen LogP contribution in [0.25, 0.3) is 0 Å². The van der Waals surface area contributed by atoms with Crippen molar-refractivity contribution in [1.82, 2.24) is 15.1 Å². The van der Waals surface area contributed by atoms with E-state index in [1.54, 1.807) is 0 Å². The highest BCUT2D eigenvalue weighted by atomic mass is 16.3. The molecule has 21 heavy (non-hydrogen) atoms. The van der Waals surface area contributed by atoms with Gasteiger partial charge in [-0.25, -0.2) is 0 Å². The molecule has 5 heteroatoms. The molecule has 0 aliphatic carbocycles. The first-order chi connectivity index (χ1) is 9.99. The predicted octanol–water partition coefficient (Wildman–Crippen LogP) is 2.23. The van der Waals surface area contributed by atoms with Gasteiger partial charge in [0.2, 0.25) is 0 Å². The van der Waals surface area contributed by atoms with E-state index in [2.05, 4.69) is 31.0 Å². The first kappa shape index (κ1) is 16.0. The summed E-state index contributed by atoms with van der Waals surface area (Å²) in [5.41, 5.74) is 1.53. The van der Waals surface area contributed by atoms with Gasteiger partial charge >= 0.3 is 0 Å². The van der Waals surface area contributed by atoms with Crippen molar-refractivity contribution in [1.29, 1.82) is 0 Å².